The Morgan fingerprint density at radius 2 is 1.91 bits per heavy atom. The summed E-state index contributed by atoms with van der Waals surface area (Å²) in [6.07, 6.45) is 5.10. The minimum Gasteiger partial charge on any atom is -0.494 e. The highest BCUT2D eigenvalue weighted by atomic mass is 35.5. The number of carbonyl (C=O) groups excluding carboxylic acids is 1. The van der Waals surface area contributed by atoms with E-state index in [2.05, 4.69) is 24.8 Å². The average Bonchev–Trinajstić information content (AvgIpc) is 3.13. The molecule has 166 valence electrons. The Kier molecular flexibility index (Phi) is 5.57. The maximum absolute atomic E-state index is 12.6. The van der Waals surface area contributed by atoms with Crippen LogP contribution in [0, 0.1) is 0 Å². The number of nitrogens with zero attached hydrogens (tertiary/aromatic N) is 5. The number of benzene rings is 1. The van der Waals surface area contributed by atoms with Gasteiger partial charge in [-0.2, -0.15) is 0 Å². The number of ether oxygens (including phenoxy) is 1. The fraction of sp³-hybridized carbons (Fsp3) is 0.364. The summed E-state index contributed by atoms with van der Waals surface area (Å²) in [6.45, 7) is 3.06. The van der Waals surface area contributed by atoms with Crippen LogP contribution in [0.15, 0.2) is 29.5 Å². The number of aromatic nitrogens is 3. The number of halogens is 1. The van der Waals surface area contributed by atoms with Crippen LogP contribution in [0.1, 0.15) is 24.8 Å². The molecular weight excluding hydrogens is 432 g/mol. The van der Waals surface area contributed by atoms with Gasteiger partial charge in [0.1, 0.15) is 23.5 Å². The summed E-state index contributed by atoms with van der Waals surface area (Å²) < 4.78 is 5.83. The third-order valence-electron chi connectivity index (χ3n) is 5.82. The smallest absolute Gasteiger partial charge is 0.222 e. The van der Waals surface area contributed by atoms with Gasteiger partial charge in [0, 0.05) is 44.9 Å². The summed E-state index contributed by atoms with van der Waals surface area (Å²) in [5.74, 6) is 1.47. The Balaban J connectivity index is 1.58. The van der Waals surface area contributed by atoms with Crippen molar-refractivity contribution < 1.29 is 14.6 Å². The first-order valence-corrected chi connectivity index (χ1v) is 11.0. The first-order valence-electron chi connectivity index (χ1n) is 10.6. The standard InChI is InChI=1S/C22H23ClN6O3/c23-16-5-4-14-11-17(16)24-12-15-19-20(27-22(15)31)25-13-26-21(19)29-8-6-28(7-9-29)18(30)3-1-2-10-32-14/h4-5,11-13,31H,1-3,6-10H2,(H,25,26,27). The molecule has 0 aliphatic carbocycles. The summed E-state index contributed by atoms with van der Waals surface area (Å²) in [7, 11) is 0. The van der Waals surface area contributed by atoms with Crippen LogP contribution < -0.4 is 9.64 Å². The molecule has 6 rings (SSSR count). The topological polar surface area (TPSA) is 107 Å². The summed E-state index contributed by atoms with van der Waals surface area (Å²) in [4.78, 5) is 32.8. The quantitative estimate of drug-likeness (QED) is 0.539. The Morgan fingerprint density at radius 3 is 2.75 bits per heavy atom. The molecule has 0 atom stereocenters. The second-order valence-corrected chi connectivity index (χ2v) is 8.26. The number of carbonyl (C=O) groups is 1. The number of hydrogen-bond donors (Lipinski definition) is 2. The summed E-state index contributed by atoms with van der Waals surface area (Å²) >= 11 is 6.34. The summed E-state index contributed by atoms with van der Waals surface area (Å²) in [6, 6.07) is 5.28. The molecule has 1 aromatic carbocycles. The van der Waals surface area contributed by atoms with Crippen LogP contribution in [0.25, 0.3) is 11.0 Å². The molecular formula is C22H23ClN6O3. The van der Waals surface area contributed by atoms with E-state index in [9.17, 15) is 9.90 Å². The number of hydrogen-bond acceptors (Lipinski definition) is 7. The van der Waals surface area contributed by atoms with Crippen LogP contribution in [-0.2, 0) is 4.79 Å². The van der Waals surface area contributed by atoms with Crippen molar-refractivity contribution in [3.63, 3.8) is 0 Å². The van der Waals surface area contributed by atoms with Crippen molar-refractivity contribution in [2.75, 3.05) is 37.7 Å². The third-order valence-corrected chi connectivity index (χ3v) is 6.14. The lowest BCUT2D eigenvalue weighted by molar-refractivity contribution is -0.131. The van der Waals surface area contributed by atoms with Crippen molar-refractivity contribution in [2.24, 2.45) is 4.99 Å². The number of rotatable bonds is 0. The van der Waals surface area contributed by atoms with E-state index in [1.165, 1.54) is 6.33 Å². The molecule has 0 spiro atoms. The number of aliphatic imine (C=N–C) groups is 1. The van der Waals surface area contributed by atoms with Gasteiger partial charge < -0.3 is 24.6 Å². The van der Waals surface area contributed by atoms with Gasteiger partial charge >= 0.3 is 0 Å². The number of anilines is 1. The van der Waals surface area contributed by atoms with E-state index in [0.717, 1.165) is 12.8 Å². The molecule has 2 aromatic heterocycles. The van der Waals surface area contributed by atoms with Crippen molar-refractivity contribution in [1.82, 2.24) is 19.9 Å². The van der Waals surface area contributed by atoms with Crippen molar-refractivity contribution in [1.29, 1.82) is 0 Å². The molecule has 9 nitrogen and oxygen atoms in total. The Morgan fingerprint density at radius 1 is 1.09 bits per heavy atom. The fourth-order valence-corrected chi connectivity index (χ4v) is 4.26. The Bertz CT molecular complexity index is 1190. The van der Waals surface area contributed by atoms with Crippen LogP contribution in [0.3, 0.4) is 0 Å². The summed E-state index contributed by atoms with van der Waals surface area (Å²) in [5, 5.41) is 11.7. The van der Waals surface area contributed by atoms with Gasteiger partial charge in [0.2, 0.25) is 5.91 Å². The van der Waals surface area contributed by atoms with Gasteiger partial charge in [-0.1, -0.05) is 11.6 Å². The van der Waals surface area contributed by atoms with E-state index in [1.54, 1.807) is 24.4 Å². The molecule has 3 aromatic rings. The number of fused-ring (bicyclic) bond motifs is 7. The largest absolute Gasteiger partial charge is 0.494 e. The van der Waals surface area contributed by atoms with E-state index >= 15 is 0 Å². The molecule has 1 fully saturated rings. The lowest BCUT2D eigenvalue weighted by Crippen LogP contribution is -2.49. The van der Waals surface area contributed by atoms with E-state index in [4.69, 9.17) is 16.3 Å². The van der Waals surface area contributed by atoms with Crippen molar-refractivity contribution >= 4 is 46.3 Å². The molecule has 10 heteroatoms. The zero-order valence-corrected chi connectivity index (χ0v) is 18.2. The number of aromatic amines is 1. The fourth-order valence-electron chi connectivity index (χ4n) is 4.09. The van der Waals surface area contributed by atoms with Crippen molar-refractivity contribution in [2.45, 2.75) is 19.3 Å². The second kappa shape index (κ2) is 8.66. The van der Waals surface area contributed by atoms with Crippen molar-refractivity contribution in [3.05, 3.63) is 35.1 Å². The first kappa shape index (κ1) is 20.6. The molecule has 3 aliphatic rings. The Labute approximate surface area is 189 Å². The van der Waals surface area contributed by atoms with Crippen LogP contribution in [0.4, 0.5) is 11.5 Å². The minimum absolute atomic E-state index is 0.0442. The number of nitrogens with one attached hydrogen (secondary N) is 1. The van der Waals surface area contributed by atoms with Gasteiger partial charge in [-0.15, -0.1) is 0 Å². The molecule has 1 amide bonds. The molecule has 0 saturated carbocycles. The van der Waals surface area contributed by atoms with E-state index < -0.39 is 0 Å². The minimum atomic E-state index is -0.0442. The molecule has 1 saturated heterocycles. The molecule has 0 unspecified atom stereocenters. The predicted molar refractivity (Wildman–Crippen MR) is 122 cm³/mol. The molecule has 32 heavy (non-hydrogen) atoms. The van der Waals surface area contributed by atoms with Crippen LogP contribution in [0.2, 0.25) is 5.02 Å². The van der Waals surface area contributed by atoms with E-state index in [1.807, 2.05) is 4.90 Å². The van der Waals surface area contributed by atoms with E-state index in [0.29, 0.717) is 78.1 Å². The molecule has 4 bridgehead atoms. The van der Waals surface area contributed by atoms with Crippen molar-refractivity contribution in [3.8, 4) is 11.6 Å². The molecule has 3 aliphatic heterocycles. The number of piperazine rings is 1. The monoisotopic (exact) mass is 454 g/mol. The van der Waals surface area contributed by atoms with Gasteiger partial charge in [0.15, 0.2) is 5.88 Å². The molecule has 0 radical (unpaired) electrons. The van der Waals surface area contributed by atoms with Gasteiger partial charge in [-0.3, -0.25) is 9.79 Å². The lowest BCUT2D eigenvalue weighted by atomic mass is 10.2. The van der Waals surface area contributed by atoms with Gasteiger partial charge in [0.25, 0.3) is 0 Å². The zero-order chi connectivity index (χ0) is 22.1. The highest BCUT2D eigenvalue weighted by molar-refractivity contribution is 6.33. The predicted octanol–water partition coefficient (Wildman–Crippen LogP) is 3.28. The van der Waals surface area contributed by atoms with Crippen LogP contribution in [-0.4, -0.2) is 69.9 Å². The second-order valence-electron chi connectivity index (χ2n) is 7.85. The average molecular weight is 455 g/mol. The van der Waals surface area contributed by atoms with Crippen LogP contribution >= 0.6 is 11.6 Å². The maximum atomic E-state index is 12.6. The molecule has 5 heterocycles. The lowest BCUT2D eigenvalue weighted by Gasteiger charge is -2.35. The third kappa shape index (κ3) is 3.95. The van der Waals surface area contributed by atoms with E-state index in [-0.39, 0.29) is 11.8 Å². The SMILES string of the molecule is O=C1CCCCOc2ccc(Cl)c(c2)N=Cc2c(O)[nH]c3ncnc(c23)N2CCN1CC2. The number of H-pyrrole nitrogens is 1. The van der Waals surface area contributed by atoms with Gasteiger partial charge in [0.05, 0.1) is 28.3 Å². The van der Waals surface area contributed by atoms with Crippen LogP contribution in [0.5, 0.6) is 11.6 Å². The first-order chi connectivity index (χ1) is 15.6. The number of amides is 1. The normalized spacial score (nSPS) is 17.3. The Hall–Kier alpha value is -3.33. The highest BCUT2D eigenvalue weighted by Gasteiger charge is 2.25. The maximum Gasteiger partial charge on any atom is 0.222 e. The van der Waals surface area contributed by atoms with Gasteiger partial charge in [-0.25, -0.2) is 9.97 Å². The zero-order valence-electron chi connectivity index (χ0n) is 17.4. The number of aromatic hydroxyl groups is 1. The highest BCUT2D eigenvalue weighted by Crippen LogP contribution is 2.34. The summed E-state index contributed by atoms with van der Waals surface area (Å²) in [5.41, 5.74) is 1.53. The molecule has 2 N–H and O–H groups in total. The van der Waals surface area contributed by atoms with Gasteiger partial charge in [-0.05, 0) is 25.0 Å².